The number of benzene rings is 2. The van der Waals surface area contributed by atoms with Gasteiger partial charge in [-0.1, -0.05) is 30.3 Å². The van der Waals surface area contributed by atoms with Gasteiger partial charge in [-0.3, -0.25) is 4.79 Å². The summed E-state index contributed by atoms with van der Waals surface area (Å²) in [5.74, 6) is -0.314. The highest BCUT2D eigenvalue weighted by Gasteiger charge is 2.10. The lowest BCUT2D eigenvalue weighted by molar-refractivity contribution is 0.0378. The van der Waals surface area contributed by atoms with E-state index >= 15 is 0 Å². The van der Waals surface area contributed by atoms with Crippen molar-refractivity contribution in [2.75, 3.05) is 0 Å². The minimum absolute atomic E-state index is 0.134. The molecule has 2 aromatic carbocycles. The second-order valence-corrected chi connectivity index (χ2v) is 6.00. The van der Waals surface area contributed by atoms with Gasteiger partial charge in [0.1, 0.15) is 0 Å². The van der Waals surface area contributed by atoms with Crippen LogP contribution >= 0.6 is 0 Å². The van der Waals surface area contributed by atoms with E-state index in [9.17, 15) is 9.59 Å². The molecule has 0 amide bonds. The summed E-state index contributed by atoms with van der Waals surface area (Å²) in [4.78, 5) is 23.1. The van der Waals surface area contributed by atoms with Crippen molar-refractivity contribution >= 4 is 23.2 Å². The first-order chi connectivity index (χ1) is 11.6. The highest BCUT2D eigenvalue weighted by Crippen LogP contribution is 2.21. The van der Waals surface area contributed by atoms with Gasteiger partial charge < -0.3 is 9.30 Å². The second-order valence-electron chi connectivity index (χ2n) is 6.00. The lowest BCUT2D eigenvalue weighted by Crippen LogP contribution is -2.11. The van der Waals surface area contributed by atoms with Crippen LogP contribution in [0.5, 0.6) is 0 Å². The minimum atomic E-state index is -0.314. The number of hydrogen-bond acceptors (Lipinski definition) is 3. The van der Waals surface area contributed by atoms with Crippen LogP contribution < -0.4 is 0 Å². The van der Waals surface area contributed by atoms with Crippen molar-refractivity contribution in [1.29, 1.82) is 0 Å². The van der Waals surface area contributed by atoms with Crippen LogP contribution in [0.4, 0.5) is 0 Å². The molecule has 0 fully saturated rings. The van der Waals surface area contributed by atoms with Crippen molar-refractivity contribution in [1.82, 2.24) is 4.57 Å². The van der Waals surface area contributed by atoms with Gasteiger partial charge in [0.15, 0.2) is 6.29 Å². The van der Waals surface area contributed by atoms with E-state index in [1.165, 1.54) is 0 Å². The van der Waals surface area contributed by atoms with E-state index in [0.29, 0.717) is 17.7 Å². The van der Waals surface area contributed by atoms with Gasteiger partial charge in [-0.2, -0.15) is 0 Å². The zero-order chi connectivity index (χ0) is 17.1. The summed E-state index contributed by atoms with van der Waals surface area (Å²) in [6.45, 7) is 4.29. The Morgan fingerprint density at radius 2 is 1.83 bits per heavy atom. The summed E-state index contributed by atoms with van der Waals surface area (Å²) < 4.78 is 7.23. The van der Waals surface area contributed by atoms with Crippen LogP contribution in [-0.4, -0.2) is 22.9 Å². The van der Waals surface area contributed by atoms with Crippen LogP contribution in [-0.2, 0) is 11.3 Å². The molecule has 0 aliphatic rings. The molecule has 1 aromatic heterocycles. The average molecular weight is 321 g/mol. The lowest BCUT2D eigenvalue weighted by Gasteiger charge is -2.09. The van der Waals surface area contributed by atoms with Crippen LogP contribution in [0, 0.1) is 0 Å². The molecular formula is C20H19NO3. The average Bonchev–Trinajstić information content (AvgIpc) is 2.93. The van der Waals surface area contributed by atoms with Crippen molar-refractivity contribution in [3.63, 3.8) is 0 Å². The smallest absolute Gasteiger partial charge is 0.338 e. The number of aromatic nitrogens is 1. The predicted molar refractivity (Wildman–Crippen MR) is 93.4 cm³/mol. The highest BCUT2D eigenvalue weighted by molar-refractivity contribution is 5.97. The largest absolute Gasteiger partial charge is 0.459 e. The Balaban J connectivity index is 1.84. The summed E-state index contributed by atoms with van der Waals surface area (Å²) in [7, 11) is 0. The first-order valence-corrected chi connectivity index (χ1v) is 7.91. The van der Waals surface area contributed by atoms with E-state index in [-0.39, 0.29) is 12.1 Å². The molecule has 0 atom stereocenters. The molecule has 3 rings (SSSR count). The fraction of sp³-hybridized carbons (Fsp3) is 0.200. The van der Waals surface area contributed by atoms with Gasteiger partial charge in [0.2, 0.25) is 0 Å². The monoisotopic (exact) mass is 321 g/mol. The molecule has 24 heavy (non-hydrogen) atoms. The van der Waals surface area contributed by atoms with E-state index in [1.807, 2.05) is 61.0 Å². The fourth-order valence-corrected chi connectivity index (χ4v) is 2.72. The standard InChI is InChI=1S/C20H19NO3/c1-14(2)24-20(23)16-9-7-15(8-10-16)11-21-12-17(13-22)18-5-3-4-6-19(18)21/h3-10,12-14H,11H2,1-2H3. The first-order valence-electron chi connectivity index (χ1n) is 7.91. The zero-order valence-corrected chi connectivity index (χ0v) is 13.7. The molecule has 0 saturated carbocycles. The number of fused-ring (bicyclic) bond motifs is 1. The number of rotatable bonds is 5. The van der Waals surface area contributed by atoms with Gasteiger partial charge in [0.05, 0.1) is 11.7 Å². The highest BCUT2D eigenvalue weighted by atomic mass is 16.5. The third-order valence-electron chi connectivity index (χ3n) is 3.83. The third-order valence-corrected chi connectivity index (χ3v) is 3.83. The van der Waals surface area contributed by atoms with Crippen molar-refractivity contribution in [2.45, 2.75) is 26.5 Å². The van der Waals surface area contributed by atoms with Gasteiger partial charge in [0, 0.05) is 29.2 Å². The Hall–Kier alpha value is -2.88. The van der Waals surface area contributed by atoms with E-state index in [0.717, 1.165) is 22.8 Å². The maximum Gasteiger partial charge on any atom is 0.338 e. The summed E-state index contributed by atoms with van der Waals surface area (Å²) in [6.07, 6.45) is 2.60. The van der Waals surface area contributed by atoms with Crippen molar-refractivity contribution < 1.29 is 14.3 Å². The Morgan fingerprint density at radius 1 is 1.12 bits per heavy atom. The molecule has 0 aliphatic heterocycles. The number of ether oxygens (including phenoxy) is 1. The van der Waals surface area contributed by atoms with Crippen molar-refractivity contribution in [2.24, 2.45) is 0 Å². The molecule has 0 unspecified atom stereocenters. The summed E-state index contributed by atoms with van der Waals surface area (Å²) in [5, 5.41) is 0.949. The minimum Gasteiger partial charge on any atom is -0.459 e. The molecule has 4 nitrogen and oxygen atoms in total. The molecule has 0 spiro atoms. The molecule has 3 aromatic rings. The number of nitrogens with zero attached hydrogens (tertiary/aromatic N) is 1. The number of carbonyl (C=O) groups excluding carboxylic acids is 2. The number of esters is 1. The van der Waals surface area contributed by atoms with E-state index in [1.54, 1.807) is 12.1 Å². The molecule has 4 heteroatoms. The summed E-state index contributed by atoms with van der Waals surface area (Å²) >= 11 is 0. The van der Waals surface area contributed by atoms with Crippen molar-refractivity contribution in [3.8, 4) is 0 Å². The topological polar surface area (TPSA) is 48.3 Å². The van der Waals surface area contributed by atoms with Gasteiger partial charge in [-0.05, 0) is 37.6 Å². The first kappa shape index (κ1) is 16.0. The van der Waals surface area contributed by atoms with Gasteiger partial charge in [-0.25, -0.2) is 4.79 Å². The quantitative estimate of drug-likeness (QED) is 0.526. The third kappa shape index (κ3) is 3.23. The predicted octanol–water partition coefficient (Wildman–Crippen LogP) is 4.07. The molecule has 122 valence electrons. The molecule has 0 saturated heterocycles. The van der Waals surface area contributed by atoms with Crippen LogP contribution in [0.25, 0.3) is 10.9 Å². The van der Waals surface area contributed by atoms with Crippen LogP contribution in [0.1, 0.15) is 40.1 Å². The lowest BCUT2D eigenvalue weighted by atomic mass is 10.1. The molecule has 0 N–H and O–H groups in total. The zero-order valence-electron chi connectivity index (χ0n) is 13.7. The summed E-state index contributed by atoms with van der Waals surface area (Å²) in [5.41, 5.74) is 3.29. The molecule has 0 radical (unpaired) electrons. The molecule has 1 heterocycles. The van der Waals surface area contributed by atoms with Crippen molar-refractivity contribution in [3.05, 3.63) is 71.4 Å². The maximum atomic E-state index is 11.9. The fourth-order valence-electron chi connectivity index (χ4n) is 2.72. The van der Waals surface area contributed by atoms with Gasteiger partial charge in [-0.15, -0.1) is 0 Å². The Morgan fingerprint density at radius 3 is 2.50 bits per heavy atom. The van der Waals surface area contributed by atoms with Gasteiger partial charge in [0.25, 0.3) is 0 Å². The van der Waals surface area contributed by atoms with Crippen LogP contribution in [0.2, 0.25) is 0 Å². The number of hydrogen-bond donors (Lipinski definition) is 0. The summed E-state index contributed by atoms with van der Waals surface area (Å²) in [6, 6.07) is 15.2. The van der Waals surface area contributed by atoms with E-state index in [2.05, 4.69) is 0 Å². The number of aldehydes is 1. The van der Waals surface area contributed by atoms with E-state index < -0.39 is 0 Å². The maximum absolute atomic E-state index is 11.9. The SMILES string of the molecule is CC(C)OC(=O)c1ccc(Cn2cc(C=O)c3ccccc32)cc1. The molecular weight excluding hydrogens is 302 g/mol. The number of carbonyl (C=O) groups is 2. The van der Waals surface area contributed by atoms with Crippen LogP contribution in [0.3, 0.4) is 0 Å². The van der Waals surface area contributed by atoms with Crippen LogP contribution in [0.15, 0.2) is 54.7 Å². The number of para-hydroxylation sites is 1. The van der Waals surface area contributed by atoms with Gasteiger partial charge >= 0.3 is 5.97 Å². The van der Waals surface area contributed by atoms with E-state index in [4.69, 9.17) is 4.74 Å². The Bertz CT molecular complexity index is 876. The second kappa shape index (κ2) is 6.71. The normalized spacial score (nSPS) is 11.0. The molecule has 0 aliphatic carbocycles. The Kier molecular flexibility index (Phi) is 4.47. The Labute approximate surface area is 140 Å². The molecule has 0 bridgehead atoms.